The van der Waals surface area contributed by atoms with Gasteiger partial charge in [0.05, 0.1) is 5.69 Å². The molecule has 96 valence electrons. The number of carbonyl (C=O) groups excluding carboxylic acids is 1. The number of ketones is 1. The molecule has 0 amide bonds. The molecule has 1 heterocycles. The van der Waals surface area contributed by atoms with E-state index in [-0.39, 0.29) is 5.78 Å². The zero-order chi connectivity index (χ0) is 13.7. The first-order valence-electron chi connectivity index (χ1n) is 6.23. The monoisotopic (exact) mass is 262 g/mol. The molecule has 20 heavy (non-hydrogen) atoms. The van der Waals surface area contributed by atoms with Crippen molar-refractivity contribution in [3.8, 4) is 17.0 Å². The molecule has 0 radical (unpaired) electrons. The van der Waals surface area contributed by atoms with Gasteiger partial charge in [0.1, 0.15) is 5.75 Å². The minimum Gasteiger partial charge on any atom is -0.411 e. The number of benzene rings is 2. The zero-order valence-corrected chi connectivity index (χ0v) is 10.5. The maximum atomic E-state index is 12.6. The molecular formula is C16H10N2O2. The van der Waals surface area contributed by atoms with Gasteiger partial charge in [-0.15, -0.1) is 0 Å². The predicted octanol–water partition coefficient (Wildman–Crippen LogP) is 2.70. The van der Waals surface area contributed by atoms with Gasteiger partial charge in [-0.3, -0.25) is 9.78 Å². The fraction of sp³-hybridized carbons (Fsp3) is 0. The molecule has 2 aromatic carbocycles. The van der Waals surface area contributed by atoms with Crippen LogP contribution in [0.15, 0.2) is 48.7 Å². The Balaban J connectivity index is 2.21. The van der Waals surface area contributed by atoms with Gasteiger partial charge >= 0.3 is 0 Å². The molecule has 4 heteroatoms. The Hall–Kier alpha value is -2.72. The summed E-state index contributed by atoms with van der Waals surface area (Å²) < 4.78 is 0. The first-order valence-corrected chi connectivity index (χ1v) is 6.23. The topological polar surface area (TPSA) is 65.2 Å². The van der Waals surface area contributed by atoms with Crippen molar-refractivity contribution in [3.63, 3.8) is 0 Å². The molecule has 0 saturated heterocycles. The Kier molecular flexibility index (Phi) is 2.16. The van der Waals surface area contributed by atoms with Crippen molar-refractivity contribution in [1.29, 1.82) is 0 Å². The summed E-state index contributed by atoms with van der Waals surface area (Å²) in [5, 5.41) is 1.76. The molecule has 4 nitrogen and oxygen atoms in total. The van der Waals surface area contributed by atoms with E-state index in [9.17, 15) is 4.79 Å². The Morgan fingerprint density at radius 3 is 2.60 bits per heavy atom. The summed E-state index contributed by atoms with van der Waals surface area (Å²) in [5.41, 5.74) is 2.95. The number of aromatic nitrogens is 1. The van der Waals surface area contributed by atoms with Gasteiger partial charge in [0.2, 0.25) is 0 Å². The average Bonchev–Trinajstić information content (AvgIpc) is 2.51. The lowest BCUT2D eigenvalue weighted by Gasteiger charge is -2.19. The van der Waals surface area contributed by atoms with E-state index < -0.39 is 0 Å². The third-order valence-electron chi connectivity index (χ3n) is 3.64. The van der Waals surface area contributed by atoms with Gasteiger partial charge < -0.3 is 4.84 Å². The minimum absolute atomic E-state index is 0.0231. The largest absolute Gasteiger partial charge is 0.411 e. The van der Waals surface area contributed by atoms with Gasteiger partial charge in [0.25, 0.3) is 0 Å². The average molecular weight is 262 g/mol. The van der Waals surface area contributed by atoms with E-state index >= 15 is 0 Å². The van der Waals surface area contributed by atoms with Crippen molar-refractivity contribution in [3.05, 3.63) is 59.8 Å². The van der Waals surface area contributed by atoms with Crippen LogP contribution in [0.3, 0.4) is 0 Å². The number of rotatable bonds is 1. The molecule has 3 aromatic rings. The lowest BCUT2D eigenvalue weighted by Crippen LogP contribution is -2.12. The molecular weight excluding hydrogens is 252 g/mol. The molecule has 4 rings (SSSR count). The summed E-state index contributed by atoms with van der Waals surface area (Å²) in [5.74, 6) is 5.68. The molecule has 0 unspecified atom stereocenters. The van der Waals surface area contributed by atoms with Crippen molar-refractivity contribution in [2.75, 3.05) is 0 Å². The first-order chi connectivity index (χ1) is 9.79. The molecule has 0 atom stereocenters. The number of pyridine rings is 1. The van der Waals surface area contributed by atoms with Crippen molar-refractivity contribution in [2.24, 2.45) is 5.90 Å². The van der Waals surface area contributed by atoms with Gasteiger partial charge in [0.15, 0.2) is 5.78 Å². The van der Waals surface area contributed by atoms with Crippen LogP contribution in [0, 0.1) is 0 Å². The maximum Gasteiger partial charge on any atom is 0.194 e. The van der Waals surface area contributed by atoms with E-state index in [4.69, 9.17) is 10.7 Å². The van der Waals surface area contributed by atoms with Gasteiger partial charge in [-0.25, -0.2) is 0 Å². The van der Waals surface area contributed by atoms with Crippen LogP contribution < -0.4 is 10.7 Å². The van der Waals surface area contributed by atoms with Crippen LogP contribution in [-0.2, 0) is 0 Å². The van der Waals surface area contributed by atoms with Gasteiger partial charge in [0, 0.05) is 28.3 Å². The Morgan fingerprint density at radius 2 is 1.80 bits per heavy atom. The van der Waals surface area contributed by atoms with E-state index in [1.165, 1.54) is 0 Å². The van der Waals surface area contributed by atoms with Crippen LogP contribution in [0.1, 0.15) is 15.9 Å². The van der Waals surface area contributed by atoms with E-state index in [1.54, 1.807) is 12.3 Å². The lowest BCUT2D eigenvalue weighted by molar-refractivity contribution is 0.103. The van der Waals surface area contributed by atoms with E-state index in [0.717, 1.165) is 22.0 Å². The second kappa shape index (κ2) is 3.88. The highest BCUT2D eigenvalue weighted by Crippen LogP contribution is 2.39. The first kappa shape index (κ1) is 11.1. The highest BCUT2D eigenvalue weighted by molar-refractivity contribution is 6.25. The van der Waals surface area contributed by atoms with E-state index in [2.05, 4.69) is 4.98 Å². The van der Waals surface area contributed by atoms with Crippen molar-refractivity contribution in [2.45, 2.75) is 0 Å². The summed E-state index contributed by atoms with van der Waals surface area (Å²) in [6.07, 6.45) is 1.73. The highest BCUT2D eigenvalue weighted by Gasteiger charge is 2.26. The zero-order valence-electron chi connectivity index (χ0n) is 10.5. The third kappa shape index (κ3) is 1.34. The highest BCUT2D eigenvalue weighted by atomic mass is 16.6. The van der Waals surface area contributed by atoms with Crippen LogP contribution in [0.4, 0.5) is 0 Å². The number of fused-ring (bicyclic) bond motifs is 2. The molecule has 1 aliphatic carbocycles. The van der Waals surface area contributed by atoms with E-state index in [0.29, 0.717) is 16.9 Å². The number of nitrogens with two attached hydrogens (primary N) is 1. The third-order valence-corrected chi connectivity index (χ3v) is 3.64. The number of nitrogens with zero attached hydrogens (tertiary/aromatic N) is 1. The summed E-state index contributed by atoms with van der Waals surface area (Å²) >= 11 is 0. The van der Waals surface area contributed by atoms with Crippen molar-refractivity contribution in [1.82, 2.24) is 4.98 Å². The molecule has 0 bridgehead atoms. The second-order valence-electron chi connectivity index (χ2n) is 4.72. The Labute approximate surface area is 114 Å². The lowest BCUT2D eigenvalue weighted by atomic mass is 9.85. The number of carbonyl (C=O) groups is 1. The standard InChI is InChI=1S/C16H10N2O2/c17-20-10-7-9-5-6-18-15-11-3-1-2-4-12(11)16(19)13(8-10)14(9)15/h1-8H,17H2. The second-order valence-corrected chi connectivity index (χ2v) is 4.72. The molecule has 0 fully saturated rings. The van der Waals surface area contributed by atoms with Gasteiger partial charge in [-0.05, 0) is 23.6 Å². The summed E-state index contributed by atoms with van der Waals surface area (Å²) in [7, 11) is 0. The van der Waals surface area contributed by atoms with Gasteiger partial charge in [-0.2, -0.15) is 5.90 Å². The van der Waals surface area contributed by atoms with Crippen molar-refractivity contribution < 1.29 is 9.63 Å². The number of hydrogen-bond donors (Lipinski definition) is 1. The fourth-order valence-corrected chi connectivity index (χ4v) is 2.77. The van der Waals surface area contributed by atoms with Gasteiger partial charge in [-0.1, -0.05) is 24.3 Å². The summed E-state index contributed by atoms with van der Waals surface area (Å²) in [4.78, 5) is 21.9. The quantitative estimate of drug-likeness (QED) is 0.536. The summed E-state index contributed by atoms with van der Waals surface area (Å²) in [6.45, 7) is 0. The van der Waals surface area contributed by atoms with Crippen LogP contribution in [0.2, 0.25) is 0 Å². The maximum absolute atomic E-state index is 12.6. The SMILES string of the molecule is NOc1cc2c3c(nccc3c1)-c1ccccc1C2=O. The van der Waals surface area contributed by atoms with E-state index in [1.807, 2.05) is 36.4 Å². The number of hydrogen-bond acceptors (Lipinski definition) is 4. The molecule has 0 saturated carbocycles. The molecule has 2 N–H and O–H groups in total. The van der Waals surface area contributed by atoms with Crippen LogP contribution in [-0.4, -0.2) is 10.8 Å². The smallest absolute Gasteiger partial charge is 0.194 e. The summed E-state index contributed by atoms with van der Waals surface area (Å²) in [6, 6.07) is 12.8. The predicted molar refractivity (Wildman–Crippen MR) is 75.4 cm³/mol. The van der Waals surface area contributed by atoms with Crippen LogP contribution in [0.25, 0.3) is 22.0 Å². The Morgan fingerprint density at radius 1 is 1.00 bits per heavy atom. The normalized spacial score (nSPS) is 12.3. The molecule has 1 aromatic heterocycles. The minimum atomic E-state index is -0.0231. The molecule has 0 spiro atoms. The van der Waals surface area contributed by atoms with Crippen LogP contribution >= 0.6 is 0 Å². The molecule has 1 aliphatic rings. The molecule has 0 aliphatic heterocycles. The fourth-order valence-electron chi connectivity index (χ4n) is 2.77. The Bertz CT molecular complexity index is 871. The van der Waals surface area contributed by atoms with Crippen molar-refractivity contribution >= 4 is 16.6 Å². The van der Waals surface area contributed by atoms with Crippen LogP contribution in [0.5, 0.6) is 5.75 Å².